The number of hydrogen-bond donors (Lipinski definition) is 1. The molecule has 0 aliphatic carbocycles. The molecule has 0 spiro atoms. The van der Waals surface area contributed by atoms with Gasteiger partial charge in [-0.15, -0.1) is 0 Å². The minimum absolute atomic E-state index is 0.107. The first-order valence-electron chi connectivity index (χ1n) is 9.24. The molecule has 4 rings (SSSR count). The van der Waals surface area contributed by atoms with Crippen molar-refractivity contribution in [1.82, 2.24) is 9.88 Å². The second-order valence-electron chi connectivity index (χ2n) is 6.84. The summed E-state index contributed by atoms with van der Waals surface area (Å²) in [6.45, 7) is 3.97. The molecular weight excluding hydrogens is 362 g/mol. The first kappa shape index (κ1) is 18.2. The Morgan fingerprint density at radius 3 is 2.82 bits per heavy atom. The van der Waals surface area contributed by atoms with Crippen LogP contribution in [0.2, 0.25) is 0 Å². The average Bonchev–Trinajstić information content (AvgIpc) is 2.72. The van der Waals surface area contributed by atoms with Crippen LogP contribution in [-0.4, -0.2) is 59.5 Å². The van der Waals surface area contributed by atoms with Crippen LogP contribution in [0.1, 0.15) is 6.42 Å². The summed E-state index contributed by atoms with van der Waals surface area (Å²) in [5, 5.41) is 13.7. The van der Waals surface area contributed by atoms with Crippen molar-refractivity contribution in [2.75, 3.05) is 42.9 Å². The van der Waals surface area contributed by atoms with Crippen molar-refractivity contribution < 1.29 is 14.5 Å². The van der Waals surface area contributed by atoms with Gasteiger partial charge in [0.25, 0.3) is 11.6 Å². The zero-order valence-electron chi connectivity index (χ0n) is 15.3. The van der Waals surface area contributed by atoms with Crippen LogP contribution in [0.15, 0.2) is 42.6 Å². The molecule has 1 N–H and O–H groups in total. The zero-order chi connectivity index (χ0) is 19.5. The molecule has 2 aromatic rings. The number of amides is 1. The maximum atomic E-state index is 12.2. The SMILES string of the molecule is O=C1Nc2ncccc2O[C@H]1CCN1CCN(c2cccc([N+](=O)[O-])c2)CC1. The van der Waals surface area contributed by atoms with Crippen molar-refractivity contribution in [3.05, 3.63) is 52.7 Å². The Labute approximate surface area is 162 Å². The number of rotatable bonds is 5. The fraction of sp³-hybridized carbons (Fsp3) is 0.368. The molecule has 2 aliphatic rings. The van der Waals surface area contributed by atoms with Crippen molar-refractivity contribution in [2.45, 2.75) is 12.5 Å². The molecule has 1 aromatic carbocycles. The van der Waals surface area contributed by atoms with Gasteiger partial charge in [-0.25, -0.2) is 4.98 Å². The number of nitro groups is 1. The van der Waals surface area contributed by atoms with Crippen molar-refractivity contribution in [3.63, 3.8) is 0 Å². The Morgan fingerprint density at radius 2 is 2.04 bits per heavy atom. The first-order chi connectivity index (χ1) is 13.6. The number of non-ortho nitro benzene ring substituents is 1. The van der Waals surface area contributed by atoms with E-state index in [0.29, 0.717) is 18.0 Å². The molecule has 2 aliphatic heterocycles. The van der Waals surface area contributed by atoms with Crippen LogP contribution in [0.25, 0.3) is 0 Å². The minimum atomic E-state index is -0.522. The van der Waals surface area contributed by atoms with E-state index < -0.39 is 6.10 Å². The van der Waals surface area contributed by atoms with E-state index in [1.165, 1.54) is 6.07 Å². The number of hydrogen-bond acceptors (Lipinski definition) is 7. The van der Waals surface area contributed by atoms with Gasteiger partial charge in [-0.05, 0) is 18.2 Å². The highest BCUT2D eigenvalue weighted by atomic mass is 16.6. The molecule has 1 atom stereocenters. The Morgan fingerprint density at radius 1 is 1.21 bits per heavy atom. The molecule has 0 radical (unpaired) electrons. The lowest BCUT2D eigenvalue weighted by atomic mass is 10.1. The number of nitrogens with one attached hydrogen (secondary N) is 1. The minimum Gasteiger partial charge on any atom is -0.477 e. The molecule has 9 heteroatoms. The standard InChI is InChI=1S/C19H21N5O4/c25-19-17(28-16-5-2-7-20-18(16)21-19)6-8-22-9-11-23(12-10-22)14-3-1-4-15(13-14)24(26)27/h1-5,7,13,17H,6,8-12H2,(H,20,21,25)/t17-/m0/s1. The number of aromatic nitrogens is 1. The van der Waals surface area contributed by atoms with E-state index >= 15 is 0 Å². The zero-order valence-corrected chi connectivity index (χ0v) is 15.3. The number of piperazine rings is 1. The molecule has 146 valence electrons. The van der Waals surface area contributed by atoms with Crippen LogP contribution in [0.3, 0.4) is 0 Å². The van der Waals surface area contributed by atoms with Crippen molar-refractivity contribution in [3.8, 4) is 5.75 Å². The van der Waals surface area contributed by atoms with Gasteiger partial charge in [-0.3, -0.25) is 19.8 Å². The smallest absolute Gasteiger partial charge is 0.271 e. The van der Waals surface area contributed by atoms with E-state index in [-0.39, 0.29) is 16.5 Å². The molecule has 0 saturated carbocycles. The summed E-state index contributed by atoms with van der Waals surface area (Å²) < 4.78 is 5.79. The lowest BCUT2D eigenvalue weighted by Gasteiger charge is -2.36. The third kappa shape index (κ3) is 3.89. The Bertz CT molecular complexity index is 882. The molecule has 0 unspecified atom stereocenters. The lowest BCUT2D eigenvalue weighted by Crippen LogP contribution is -2.48. The van der Waals surface area contributed by atoms with E-state index in [1.54, 1.807) is 30.5 Å². The predicted molar refractivity (Wildman–Crippen MR) is 104 cm³/mol. The number of carbonyl (C=O) groups excluding carboxylic acids is 1. The van der Waals surface area contributed by atoms with Gasteiger partial charge in [-0.1, -0.05) is 6.07 Å². The summed E-state index contributed by atoms with van der Waals surface area (Å²) in [7, 11) is 0. The molecule has 1 fully saturated rings. The number of fused-ring (bicyclic) bond motifs is 1. The van der Waals surface area contributed by atoms with Gasteiger partial charge >= 0.3 is 0 Å². The Balaban J connectivity index is 1.29. The van der Waals surface area contributed by atoms with Crippen LogP contribution in [-0.2, 0) is 4.79 Å². The molecule has 0 bridgehead atoms. The number of ether oxygens (including phenoxy) is 1. The third-order valence-electron chi connectivity index (χ3n) is 5.06. The van der Waals surface area contributed by atoms with Gasteiger partial charge in [0.1, 0.15) is 0 Å². The maximum absolute atomic E-state index is 12.2. The number of benzene rings is 1. The van der Waals surface area contributed by atoms with Crippen LogP contribution < -0.4 is 15.0 Å². The van der Waals surface area contributed by atoms with E-state index in [9.17, 15) is 14.9 Å². The highest BCUT2D eigenvalue weighted by Crippen LogP contribution is 2.27. The first-order valence-corrected chi connectivity index (χ1v) is 9.24. The molecule has 1 amide bonds. The highest BCUT2D eigenvalue weighted by Gasteiger charge is 2.29. The van der Waals surface area contributed by atoms with Gasteiger partial charge in [0.05, 0.1) is 4.92 Å². The number of nitrogens with zero attached hydrogens (tertiary/aromatic N) is 4. The monoisotopic (exact) mass is 383 g/mol. The molecular formula is C19H21N5O4. The van der Waals surface area contributed by atoms with E-state index in [0.717, 1.165) is 38.4 Å². The summed E-state index contributed by atoms with van der Waals surface area (Å²) in [5.74, 6) is 0.901. The molecule has 3 heterocycles. The van der Waals surface area contributed by atoms with Crippen LogP contribution in [0.4, 0.5) is 17.2 Å². The average molecular weight is 383 g/mol. The summed E-state index contributed by atoms with van der Waals surface area (Å²) in [6.07, 6.45) is 1.69. The normalized spacial score (nSPS) is 19.5. The van der Waals surface area contributed by atoms with Gasteiger partial charge in [0.15, 0.2) is 17.7 Å². The molecule has 28 heavy (non-hydrogen) atoms. The number of nitro benzene ring substituents is 1. The fourth-order valence-electron chi connectivity index (χ4n) is 3.51. The molecule has 1 aromatic heterocycles. The van der Waals surface area contributed by atoms with Gasteiger partial charge in [-0.2, -0.15) is 0 Å². The number of carbonyl (C=O) groups is 1. The van der Waals surface area contributed by atoms with Crippen LogP contribution in [0.5, 0.6) is 5.75 Å². The van der Waals surface area contributed by atoms with Gasteiger partial charge in [0, 0.05) is 63.2 Å². The predicted octanol–water partition coefficient (Wildman–Crippen LogP) is 1.90. The lowest BCUT2D eigenvalue weighted by molar-refractivity contribution is -0.384. The summed E-state index contributed by atoms with van der Waals surface area (Å²) in [6, 6.07) is 10.3. The number of anilines is 2. The maximum Gasteiger partial charge on any atom is 0.271 e. The van der Waals surface area contributed by atoms with Crippen LogP contribution in [0, 0.1) is 10.1 Å². The molecule has 9 nitrogen and oxygen atoms in total. The van der Waals surface area contributed by atoms with Crippen molar-refractivity contribution >= 4 is 23.1 Å². The molecule has 1 saturated heterocycles. The topological polar surface area (TPSA) is 101 Å². The van der Waals surface area contributed by atoms with Crippen molar-refractivity contribution in [1.29, 1.82) is 0 Å². The second kappa shape index (κ2) is 7.81. The van der Waals surface area contributed by atoms with E-state index in [2.05, 4.69) is 20.1 Å². The fourth-order valence-corrected chi connectivity index (χ4v) is 3.51. The largest absolute Gasteiger partial charge is 0.477 e. The van der Waals surface area contributed by atoms with Gasteiger partial charge < -0.3 is 15.0 Å². The van der Waals surface area contributed by atoms with E-state index in [1.807, 2.05) is 6.07 Å². The Hall–Kier alpha value is -3.20. The third-order valence-corrected chi connectivity index (χ3v) is 5.06. The summed E-state index contributed by atoms with van der Waals surface area (Å²) in [4.78, 5) is 31.3. The second-order valence-corrected chi connectivity index (χ2v) is 6.84. The quantitative estimate of drug-likeness (QED) is 0.622. The van der Waals surface area contributed by atoms with Gasteiger partial charge in [0.2, 0.25) is 0 Å². The van der Waals surface area contributed by atoms with E-state index in [4.69, 9.17) is 4.74 Å². The summed E-state index contributed by atoms with van der Waals surface area (Å²) >= 11 is 0. The Kier molecular flexibility index (Phi) is 5.07. The summed E-state index contributed by atoms with van der Waals surface area (Å²) in [5.41, 5.74) is 0.975. The van der Waals surface area contributed by atoms with Crippen LogP contribution >= 0.6 is 0 Å². The van der Waals surface area contributed by atoms with Crippen molar-refractivity contribution in [2.24, 2.45) is 0 Å². The number of pyridine rings is 1. The highest BCUT2D eigenvalue weighted by molar-refractivity contribution is 5.96.